The van der Waals surface area contributed by atoms with Crippen molar-refractivity contribution < 1.29 is 8.78 Å². The predicted molar refractivity (Wildman–Crippen MR) is 81.2 cm³/mol. The van der Waals surface area contributed by atoms with E-state index in [2.05, 4.69) is 10.3 Å². The van der Waals surface area contributed by atoms with Crippen LogP contribution in [0.3, 0.4) is 0 Å². The van der Waals surface area contributed by atoms with E-state index in [9.17, 15) is 8.78 Å². The van der Waals surface area contributed by atoms with Gasteiger partial charge in [-0.25, -0.2) is 13.8 Å². The molecule has 0 atom stereocenters. The lowest BCUT2D eigenvalue weighted by molar-refractivity contribution is 0.627. The minimum atomic E-state index is -0.273. The number of nitrogens with zero attached hydrogens (tertiary/aromatic N) is 1. The van der Waals surface area contributed by atoms with Crippen LogP contribution in [0.25, 0.3) is 10.6 Å². The number of rotatable bonds is 4. The molecule has 1 N–H and O–H groups in total. The summed E-state index contributed by atoms with van der Waals surface area (Å²) in [6.45, 7) is 0.515. The van der Waals surface area contributed by atoms with Gasteiger partial charge in [-0.3, -0.25) is 0 Å². The van der Waals surface area contributed by atoms with Gasteiger partial charge >= 0.3 is 0 Å². The zero-order chi connectivity index (χ0) is 14.7. The van der Waals surface area contributed by atoms with Crippen molar-refractivity contribution in [2.24, 2.45) is 0 Å². The molecule has 0 spiro atoms. The SMILES string of the molecule is Fc1ccc(-c2nc(CNc3cccc(F)c3)cs2)cc1. The van der Waals surface area contributed by atoms with Gasteiger partial charge in [0.1, 0.15) is 16.6 Å². The quantitative estimate of drug-likeness (QED) is 0.755. The first-order valence-corrected chi connectivity index (χ1v) is 7.28. The fourth-order valence-electron chi connectivity index (χ4n) is 1.90. The first kappa shape index (κ1) is 13.7. The van der Waals surface area contributed by atoms with Gasteiger partial charge in [0.2, 0.25) is 0 Å². The molecule has 0 saturated heterocycles. The van der Waals surface area contributed by atoms with Crippen LogP contribution in [-0.2, 0) is 6.54 Å². The highest BCUT2D eigenvalue weighted by atomic mass is 32.1. The van der Waals surface area contributed by atoms with Crippen LogP contribution < -0.4 is 5.32 Å². The van der Waals surface area contributed by atoms with Crippen molar-refractivity contribution in [2.75, 3.05) is 5.32 Å². The summed E-state index contributed by atoms with van der Waals surface area (Å²) in [5, 5.41) is 5.89. The average Bonchev–Trinajstić information content (AvgIpc) is 2.95. The Hall–Kier alpha value is -2.27. The molecular formula is C16H12F2N2S. The molecule has 5 heteroatoms. The van der Waals surface area contributed by atoms with Crippen molar-refractivity contribution in [2.45, 2.75) is 6.54 Å². The number of nitrogens with one attached hydrogen (secondary N) is 1. The Morgan fingerprint density at radius 1 is 1.00 bits per heavy atom. The monoisotopic (exact) mass is 302 g/mol. The van der Waals surface area contributed by atoms with Crippen molar-refractivity contribution >= 4 is 17.0 Å². The highest BCUT2D eigenvalue weighted by Gasteiger charge is 2.05. The Morgan fingerprint density at radius 2 is 1.81 bits per heavy atom. The zero-order valence-corrected chi connectivity index (χ0v) is 11.8. The van der Waals surface area contributed by atoms with Crippen LogP contribution >= 0.6 is 11.3 Å². The second-order valence-electron chi connectivity index (χ2n) is 4.51. The van der Waals surface area contributed by atoms with Crippen LogP contribution in [-0.4, -0.2) is 4.98 Å². The number of thiazole rings is 1. The summed E-state index contributed by atoms with van der Waals surface area (Å²) in [5.41, 5.74) is 2.47. The molecule has 21 heavy (non-hydrogen) atoms. The summed E-state index contributed by atoms with van der Waals surface area (Å²) >= 11 is 1.50. The Labute approximate surface area is 125 Å². The second-order valence-corrected chi connectivity index (χ2v) is 5.37. The number of anilines is 1. The minimum absolute atomic E-state index is 0.261. The molecule has 0 amide bonds. The second kappa shape index (κ2) is 6.01. The Morgan fingerprint density at radius 3 is 2.57 bits per heavy atom. The van der Waals surface area contributed by atoms with Crippen LogP contribution in [0.1, 0.15) is 5.69 Å². The van der Waals surface area contributed by atoms with Gasteiger partial charge in [-0.1, -0.05) is 6.07 Å². The zero-order valence-electron chi connectivity index (χ0n) is 11.0. The number of hydrogen-bond donors (Lipinski definition) is 1. The summed E-state index contributed by atoms with van der Waals surface area (Å²) in [6, 6.07) is 12.5. The number of benzene rings is 2. The summed E-state index contributed by atoms with van der Waals surface area (Å²) in [4.78, 5) is 4.49. The molecule has 1 heterocycles. The first-order chi connectivity index (χ1) is 10.2. The van der Waals surface area contributed by atoms with E-state index in [4.69, 9.17) is 0 Å². The van der Waals surface area contributed by atoms with Crippen molar-refractivity contribution in [3.8, 4) is 10.6 Å². The van der Waals surface area contributed by atoms with Gasteiger partial charge in [-0.15, -0.1) is 11.3 Å². The van der Waals surface area contributed by atoms with E-state index >= 15 is 0 Å². The molecule has 0 fully saturated rings. The van der Waals surface area contributed by atoms with E-state index in [1.807, 2.05) is 5.38 Å². The molecule has 2 nitrogen and oxygen atoms in total. The maximum Gasteiger partial charge on any atom is 0.125 e. The van der Waals surface area contributed by atoms with E-state index in [0.29, 0.717) is 12.2 Å². The van der Waals surface area contributed by atoms with E-state index in [0.717, 1.165) is 16.3 Å². The summed E-state index contributed by atoms with van der Waals surface area (Å²) in [7, 11) is 0. The predicted octanol–water partition coefficient (Wildman–Crippen LogP) is 4.70. The Kier molecular flexibility index (Phi) is 3.92. The lowest BCUT2D eigenvalue weighted by Gasteiger charge is -2.03. The molecule has 0 aliphatic carbocycles. The molecule has 2 aromatic carbocycles. The average molecular weight is 302 g/mol. The third-order valence-corrected chi connectivity index (χ3v) is 3.88. The van der Waals surface area contributed by atoms with Gasteiger partial charge in [0.05, 0.1) is 12.2 Å². The van der Waals surface area contributed by atoms with Crippen molar-refractivity contribution in [3.63, 3.8) is 0 Å². The third kappa shape index (κ3) is 3.44. The number of halogens is 2. The highest BCUT2D eigenvalue weighted by molar-refractivity contribution is 7.13. The summed E-state index contributed by atoms with van der Waals surface area (Å²) < 4.78 is 26.0. The fourth-order valence-corrected chi connectivity index (χ4v) is 2.73. The summed E-state index contributed by atoms with van der Waals surface area (Å²) in [5.74, 6) is -0.534. The molecule has 0 aliphatic rings. The lowest BCUT2D eigenvalue weighted by atomic mass is 10.2. The molecule has 3 rings (SSSR count). The third-order valence-electron chi connectivity index (χ3n) is 2.94. The molecular weight excluding hydrogens is 290 g/mol. The molecule has 3 aromatic rings. The van der Waals surface area contributed by atoms with E-state index in [1.54, 1.807) is 24.3 Å². The van der Waals surface area contributed by atoms with E-state index < -0.39 is 0 Å². The lowest BCUT2D eigenvalue weighted by Crippen LogP contribution is -1.99. The van der Waals surface area contributed by atoms with Gasteiger partial charge in [0.25, 0.3) is 0 Å². The molecule has 106 valence electrons. The minimum Gasteiger partial charge on any atom is -0.379 e. The molecule has 0 unspecified atom stereocenters. The van der Waals surface area contributed by atoms with Gasteiger partial charge in [-0.2, -0.15) is 0 Å². The van der Waals surface area contributed by atoms with Gasteiger partial charge < -0.3 is 5.32 Å². The van der Waals surface area contributed by atoms with E-state index in [-0.39, 0.29) is 11.6 Å². The summed E-state index contributed by atoms with van der Waals surface area (Å²) in [6.07, 6.45) is 0. The first-order valence-electron chi connectivity index (χ1n) is 6.40. The molecule has 0 bridgehead atoms. The van der Waals surface area contributed by atoms with Crippen LogP contribution in [0, 0.1) is 11.6 Å². The maximum atomic E-state index is 13.1. The number of aromatic nitrogens is 1. The topological polar surface area (TPSA) is 24.9 Å². The maximum absolute atomic E-state index is 13.1. The van der Waals surface area contributed by atoms with Crippen LogP contribution in [0.4, 0.5) is 14.5 Å². The van der Waals surface area contributed by atoms with Crippen molar-refractivity contribution in [3.05, 3.63) is 71.2 Å². The number of hydrogen-bond acceptors (Lipinski definition) is 3. The van der Waals surface area contributed by atoms with Gasteiger partial charge in [0.15, 0.2) is 0 Å². The smallest absolute Gasteiger partial charge is 0.125 e. The van der Waals surface area contributed by atoms with Crippen molar-refractivity contribution in [1.82, 2.24) is 4.98 Å². The molecule has 0 radical (unpaired) electrons. The normalized spacial score (nSPS) is 10.6. The highest BCUT2D eigenvalue weighted by Crippen LogP contribution is 2.24. The van der Waals surface area contributed by atoms with Gasteiger partial charge in [-0.05, 0) is 42.5 Å². The standard InChI is InChI=1S/C16H12F2N2S/c17-12-6-4-11(5-7-12)16-20-15(10-21-16)9-19-14-3-1-2-13(18)8-14/h1-8,10,19H,9H2. The van der Waals surface area contributed by atoms with Gasteiger partial charge in [0, 0.05) is 16.6 Å². The molecule has 0 saturated carbocycles. The van der Waals surface area contributed by atoms with Crippen LogP contribution in [0.2, 0.25) is 0 Å². The fraction of sp³-hybridized carbons (Fsp3) is 0.0625. The Bertz CT molecular complexity index is 738. The molecule has 1 aromatic heterocycles. The van der Waals surface area contributed by atoms with Crippen LogP contribution in [0.15, 0.2) is 53.9 Å². The van der Waals surface area contributed by atoms with Crippen molar-refractivity contribution in [1.29, 1.82) is 0 Å². The molecule has 0 aliphatic heterocycles. The van der Waals surface area contributed by atoms with Crippen LogP contribution in [0.5, 0.6) is 0 Å². The van der Waals surface area contributed by atoms with E-state index in [1.165, 1.54) is 35.6 Å². The largest absolute Gasteiger partial charge is 0.379 e. The Balaban J connectivity index is 1.69.